The van der Waals surface area contributed by atoms with Crippen molar-refractivity contribution >= 4 is 21.6 Å². The Balaban J connectivity index is 1.74. The maximum atomic E-state index is 13.1. The Morgan fingerprint density at radius 1 is 1.17 bits per heavy atom. The van der Waals surface area contributed by atoms with Crippen molar-refractivity contribution in [2.45, 2.75) is 51.0 Å². The second-order valence-corrected chi connectivity index (χ2v) is 9.19. The van der Waals surface area contributed by atoms with Gasteiger partial charge in [0.1, 0.15) is 10.6 Å². The Hall–Kier alpha value is -2.39. The smallest absolute Gasteiger partial charge is 0.246 e. The van der Waals surface area contributed by atoms with Crippen LogP contribution in [0.1, 0.15) is 37.1 Å². The third-order valence-corrected chi connectivity index (χ3v) is 6.95. The molecule has 0 bridgehead atoms. The first-order chi connectivity index (χ1) is 13.8. The maximum absolute atomic E-state index is 13.1. The minimum atomic E-state index is -3.68. The van der Waals surface area contributed by atoms with E-state index in [4.69, 9.17) is 4.74 Å². The number of amides is 1. The van der Waals surface area contributed by atoms with Crippen LogP contribution in [0.5, 0.6) is 5.75 Å². The van der Waals surface area contributed by atoms with Gasteiger partial charge in [-0.1, -0.05) is 6.42 Å². The minimum absolute atomic E-state index is 0.0817. The van der Waals surface area contributed by atoms with Crippen LogP contribution < -0.4 is 10.1 Å². The molecule has 0 spiro atoms. The summed E-state index contributed by atoms with van der Waals surface area (Å²) < 4.78 is 34.7. The molecular formula is C20H28N4O4S. The molecule has 0 radical (unpaired) electrons. The monoisotopic (exact) mass is 420 g/mol. The number of anilines is 1. The normalized spacial score (nSPS) is 15.3. The first-order valence-corrected chi connectivity index (χ1v) is 11.2. The van der Waals surface area contributed by atoms with E-state index in [0.29, 0.717) is 25.3 Å². The number of methoxy groups -OCH3 is 1. The Labute approximate surface area is 171 Å². The Kier molecular flexibility index (Phi) is 6.59. The lowest BCUT2D eigenvalue weighted by molar-refractivity contribution is -0.116. The number of hydrogen-bond acceptors (Lipinski definition) is 5. The summed E-state index contributed by atoms with van der Waals surface area (Å²) in [7, 11) is -2.24. The average Bonchev–Trinajstić information content (AvgIpc) is 3.04. The molecule has 9 heteroatoms. The van der Waals surface area contributed by atoms with Crippen LogP contribution in [0, 0.1) is 13.8 Å². The molecule has 1 fully saturated rings. The number of carbonyl (C=O) groups excluding carboxylic acids is 1. The van der Waals surface area contributed by atoms with E-state index in [2.05, 4.69) is 10.4 Å². The highest BCUT2D eigenvalue weighted by molar-refractivity contribution is 7.89. The van der Waals surface area contributed by atoms with Crippen molar-refractivity contribution in [2.75, 3.05) is 25.5 Å². The highest BCUT2D eigenvalue weighted by Crippen LogP contribution is 2.31. The summed E-state index contributed by atoms with van der Waals surface area (Å²) in [6, 6.07) is 6.66. The van der Waals surface area contributed by atoms with Crippen molar-refractivity contribution < 1.29 is 17.9 Å². The molecule has 1 aromatic carbocycles. The first kappa shape index (κ1) is 21.3. The number of hydrogen-bond donors (Lipinski definition) is 1. The molecule has 1 aliphatic heterocycles. The predicted octanol–water partition coefficient (Wildman–Crippen LogP) is 2.71. The number of piperidine rings is 1. The molecule has 0 unspecified atom stereocenters. The molecule has 1 amide bonds. The quantitative estimate of drug-likeness (QED) is 0.743. The van der Waals surface area contributed by atoms with Gasteiger partial charge in [-0.2, -0.15) is 9.40 Å². The molecule has 2 heterocycles. The SMILES string of the molecule is COc1ccc(NC(=O)CCn2nc(C)cc2C)cc1S(=O)(=O)N1CCCCC1. The number of benzene rings is 1. The minimum Gasteiger partial charge on any atom is -0.495 e. The lowest BCUT2D eigenvalue weighted by Gasteiger charge is -2.26. The molecule has 3 rings (SSSR count). The molecule has 1 N–H and O–H groups in total. The topological polar surface area (TPSA) is 93.5 Å². The summed E-state index contributed by atoms with van der Waals surface area (Å²) in [5.74, 6) is 0.0697. The highest BCUT2D eigenvalue weighted by Gasteiger charge is 2.29. The van der Waals surface area contributed by atoms with E-state index in [9.17, 15) is 13.2 Å². The number of rotatable bonds is 7. The van der Waals surface area contributed by atoms with Crippen LogP contribution in [-0.4, -0.2) is 48.6 Å². The summed E-state index contributed by atoms with van der Waals surface area (Å²) in [5.41, 5.74) is 2.33. The van der Waals surface area contributed by atoms with Crippen molar-refractivity contribution in [2.24, 2.45) is 0 Å². The van der Waals surface area contributed by atoms with Crippen molar-refractivity contribution in [3.8, 4) is 5.75 Å². The van der Waals surface area contributed by atoms with Gasteiger partial charge in [0.05, 0.1) is 12.8 Å². The molecule has 2 aromatic rings. The third-order valence-electron chi connectivity index (χ3n) is 5.03. The van der Waals surface area contributed by atoms with Gasteiger partial charge in [-0.15, -0.1) is 0 Å². The van der Waals surface area contributed by atoms with E-state index in [0.717, 1.165) is 30.7 Å². The predicted molar refractivity (Wildman–Crippen MR) is 111 cm³/mol. The van der Waals surface area contributed by atoms with Gasteiger partial charge in [-0.05, 0) is 51.0 Å². The largest absolute Gasteiger partial charge is 0.495 e. The van der Waals surface area contributed by atoms with E-state index < -0.39 is 10.0 Å². The standard InChI is InChI=1S/C20H28N4O4S/c1-15-13-16(2)24(22-15)12-9-20(25)21-17-7-8-18(28-3)19(14-17)29(26,27)23-10-5-4-6-11-23/h7-8,13-14H,4-6,9-12H2,1-3H3,(H,21,25). The van der Waals surface area contributed by atoms with E-state index in [1.54, 1.807) is 16.8 Å². The van der Waals surface area contributed by atoms with Gasteiger partial charge >= 0.3 is 0 Å². The van der Waals surface area contributed by atoms with Crippen LogP contribution in [0.25, 0.3) is 0 Å². The van der Waals surface area contributed by atoms with Crippen molar-refractivity contribution in [1.82, 2.24) is 14.1 Å². The van der Waals surface area contributed by atoms with E-state index >= 15 is 0 Å². The summed E-state index contributed by atoms with van der Waals surface area (Å²) in [6.07, 6.45) is 2.98. The number of carbonyl (C=O) groups is 1. The molecule has 1 aliphatic rings. The van der Waals surface area contributed by atoms with Crippen molar-refractivity contribution in [1.29, 1.82) is 0 Å². The zero-order valence-corrected chi connectivity index (χ0v) is 18.0. The molecule has 158 valence electrons. The van der Waals surface area contributed by atoms with Crippen LogP contribution in [0.3, 0.4) is 0 Å². The molecule has 0 aliphatic carbocycles. The lowest BCUT2D eigenvalue weighted by atomic mass is 10.2. The number of aryl methyl sites for hydroxylation is 3. The van der Waals surface area contributed by atoms with Crippen LogP contribution >= 0.6 is 0 Å². The van der Waals surface area contributed by atoms with Gasteiger partial charge in [-0.3, -0.25) is 9.48 Å². The zero-order valence-electron chi connectivity index (χ0n) is 17.1. The van der Waals surface area contributed by atoms with Crippen LogP contribution in [0.4, 0.5) is 5.69 Å². The van der Waals surface area contributed by atoms with Crippen LogP contribution in [0.15, 0.2) is 29.2 Å². The summed E-state index contributed by atoms with van der Waals surface area (Å²) in [5, 5.41) is 7.13. The fraction of sp³-hybridized carbons (Fsp3) is 0.500. The fourth-order valence-corrected chi connectivity index (χ4v) is 5.23. The number of aromatic nitrogens is 2. The number of nitrogens with one attached hydrogen (secondary N) is 1. The van der Waals surface area contributed by atoms with Crippen molar-refractivity contribution in [3.05, 3.63) is 35.7 Å². The number of sulfonamides is 1. The Morgan fingerprint density at radius 2 is 1.90 bits per heavy atom. The fourth-order valence-electron chi connectivity index (χ4n) is 3.53. The highest BCUT2D eigenvalue weighted by atomic mass is 32.2. The van der Waals surface area contributed by atoms with E-state index in [1.165, 1.54) is 17.5 Å². The summed E-state index contributed by atoms with van der Waals surface area (Å²) in [6.45, 7) is 5.32. The second kappa shape index (κ2) is 8.96. The van der Waals surface area contributed by atoms with Gasteiger partial charge < -0.3 is 10.1 Å². The average molecular weight is 421 g/mol. The van der Waals surface area contributed by atoms with Gasteiger partial charge in [0.25, 0.3) is 0 Å². The van der Waals surface area contributed by atoms with E-state index in [-0.39, 0.29) is 23.0 Å². The lowest BCUT2D eigenvalue weighted by Crippen LogP contribution is -2.35. The third kappa shape index (κ3) is 4.97. The van der Waals surface area contributed by atoms with Crippen LogP contribution in [-0.2, 0) is 21.4 Å². The van der Waals surface area contributed by atoms with Crippen LogP contribution in [0.2, 0.25) is 0 Å². The molecule has 0 saturated carbocycles. The molecular weight excluding hydrogens is 392 g/mol. The Bertz CT molecular complexity index is 978. The zero-order chi connectivity index (χ0) is 21.0. The number of ether oxygens (including phenoxy) is 1. The molecule has 1 saturated heterocycles. The molecule has 1 aromatic heterocycles. The molecule has 8 nitrogen and oxygen atoms in total. The number of nitrogens with zero attached hydrogens (tertiary/aromatic N) is 3. The maximum Gasteiger partial charge on any atom is 0.246 e. The van der Waals surface area contributed by atoms with Gasteiger partial charge in [0.15, 0.2) is 0 Å². The molecule has 29 heavy (non-hydrogen) atoms. The Morgan fingerprint density at radius 3 is 2.52 bits per heavy atom. The molecule has 0 atom stereocenters. The van der Waals surface area contributed by atoms with E-state index in [1.807, 2.05) is 19.9 Å². The summed E-state index contributed by atoms with van der Waals surface area (Å²) >= 11 is 0. The van der Waals surface area contributed by atoms with Gasteiger partial charge in [-0.25, -0.2) is 8.42 Å². The van der Waals surface area contributed by atoms with Gasteiger partial charge in [0.2, 0.25) is 15.9 Å². The first-order valence-electron chi connectivity index (χ1n) is 9.80. The van der Waals surface area contributed by atoms with Crippen molar-refractivity contribution in [3.63, 3.8) is 0 Å². The summed E-state index contributed by atoms with van der Waals surface area (Å²) in [4.78, 5) is 12.5. The second-order valence-electron chi connectivity index (χ2n) is 7.28. The van der Waals surface area contributed by atoms with Gasteiger partial charge in [0, 0.05) is 37.4 Å².